The van der Waals surface area contributed by atoms with Gasteiger partial charge < -0.3 is 20.2 Å². The molecular weight excluding hydrogens is 294 g/mol. The zero-order valence-electron chi connectivity index (χ0n) is 11.8. The van der Waals surface area contributed by atoms with E-state index in [4.69, 9.17) is 16.7 Å². The molecule has 2 rings (SSSR count). The summed E-state index contributed by atoms with van der Waals surface area (Å²) in [5.41, 5.74) is 1.07. The van der Waals surface area contributed by atoms with E-state index >= 15 is 0 Å². The van der Waals surface area contributed by atoms with Crippen molar-refractivity contribution in [2.75, 3.05) is 31.1 Å². The molecule has 0 aromatic heterocycles. The number of anilines is 1. The molecule has 2 amide bonds. The van der Waals surface area contributed by atoms with E-state index in [1.807, 2.05) is 24.3 Å². The van der Waals surface area contributed by atoms with Crippen LogP contribution in [-0.4, -0.2) is 54.2 Å². The van der Waals surface area contributed by atoms with Gasteiger partial charge in [0.25, 0.3) is 0 Å². The summed E-state index contributed by atoms with van der Waals surface area (Å²) in [5.74, 6) is -1.04. The lowest BCUT2D eigenvalue weighted by atomic mass is 10.2. The Kier molecular flexibility index (Phi) is 4.90. The van der Waals surface area contributed by atoms with Crippen LogP contribution in [0.3, 0.4) is 0 Å². The van der Waals surface area contributed by atoms with Crippen molar-refractivity contribution < 1.29 is 14.7 Å². The SMILES string of the molecule is CC(NC(=O)N1CCN(c2ccc(Cl)cc2)CC1)C(=O)O. The van der Waals surface area contributed by atoms with Gasteiger partial charge in [0.2, 0.25) is 0 Å². The first-order valence-corrected chi connectivity index (χ1v) is 7.14. The first-order valence-electron chi connectivity index (χ1n) is 6.76. The number of piperazine rings is 1. The number of carbonyl (C=O) groups excluding carboxylic acids is 1. The smallest absolute Gasteiger partial charge is 0.325 e. The van der Waals surface area contributed by atoms with Crippen molar-refractivity contribution in [1.82, 2.24) is 10.2 Å². The number of nitrogens with zero attached hydrogens (tertiary/aromatic N) is 2. The molecule has 1 fully saturated rings. The Balaban J connectivity index is 1.86. The molecule has 0 saturated carbocycles. The standard InChI is InChI=1S/C14H18ClN3O3/c1-10(13(19)20)16-14(21)18-8-6-17(7-9-18)12-4-2-11(15)3-5-12/h2-5,10H,6-9H2,1H3,(H,16,21)(H,19,20). The average Bonchev–Trinajstić information content (AvgIpc) is 2.48. The van der Waals surface area contributed by atoms with Crippen molar-refractivity contribution in [3.8, 4) is 0 Å². The molecule has 7 heteroatoms. The Morgan fingerprint density at radius 3 is 2.29 bits per heavy atom. The van der Waals surface area contributed by atoms with Gasteiger partial charge in [0.1, 0.15) is 6.04 Å². The van der Waals surface area contributed by atoms with Gasteiger partial charge in [0.15, 0.2) is 0 Å². The Morgan fingerprint density at radius 1 is 1.19 bits per heavy atom. The van der Waals surface area contributed by atoms with Crippen LogP contribution in [0.4, 0.5) is 10.5 Å². The molecule has 1 saturated heterocycles. The fourth-order valence-electron chi connectivity index (χ4n) is 2.16. The number of carboxylic acids is 1. The van der Waals surface area contributed by atoms with E-state index in [0.717, 1.165) is 5.69 Å². The van der Waals surface area contributed by atoms with E-state index < -0.39 is 12.0 Å². The number of nitrogens with one attached hydrogen (secondary N) is 1. The maximum Gasteiger partial charge on any atom is 0.325 e. The second-order valence-corrected chi connectivity index (χ2v) is 5.40. The van der Waals surface area contributed by atoms with Gasteiger partial charge in [-0.05, 0) is 31.2 Å². The Morgan fingerprint density at radius 2 is 1.76 bits per heavy atom. The molecule has 2 N–H and O–H groups in total. The lowest BCUT2D eigenvalue weighted by Crippen LogP contribution is -2.54. The molecule has 1 aliphatic heterocycles. The van der Waals surface area contributed by atoms with Gasteiger partial charge in [-0.3, -0.25) is 4.79 Å². The topological polar surface area (TPSA) is 72.9 Å². The van der Waals surface area contributed by atoms with Crippen molar-refractivity contribution in [2.45, 2.75) is 13.0 Å². The third-order valence-corrected chi connectivity index (χ3v) is 3.72. The summed E-state index contributed by atoms with van der Waals surface area (Å²) in [6.07, 6.45) is 0. The summed E-state index contributed by atoms with van der Waals surface area (Å²) in [7, 11) is 0. The summed E-state index contributed by atoms with van der Waals surface area (Å²) >= 11 is 5.86. The summed E-state index contributed by atoms with van der Waals surface area (Å²) < 4.78 is 0. The van der Waals surface area contributed by atoms with Gasteiger partial charge in [0.05, 0.1) is 0 Å². The molecular formula is C14H18ClN3O3. The van der Waals surface area contributed by atoms with Crippen molar-refractivity contribution in [3.05, 3.63) is 29.3 Å². The summed E-state index contributed by atoms with van der Waals surface area (Å²) in [6, 6.07) is 6.36. The largest absolute Gasteiger partial charge is 0.480 e. The fourth-order valence-corrected chi connectivity index (χ4v) is 2.28. The lowest BCUT2D eigenvalue weighted by Gasteiger charge is -2.36. The molecule has 1 unspecified atom stereocenters. The normalized spacial score (nSPS) is 16.5. The molecule has 1 aromatic rings. The molecule has 1 aromatic carbocycles. The van der Waals surface area contributed by atoms with Crippen molar-refractivity contribution in [2.24, 2.45) is 0 Å². The predicted octanol–water partition coefficient (Wildman–Crippen LogP) is 1.64. The minimum Gasteiger partial charge on any atom is -0.480 e. The van der Waals surface area contributed by atoms with Crippen LogP contribution >= 0.6 is 11.6 Å². The van der Waals surface area contributed by atoms with Crippen LogP contribution in [0.1, 0.15) is 6.92 Å². The lowest BCUT2D eigenvalue weighted by molar-refractivity contribution is -0.138. The van der Waals surface area contributed by atoms with Crippen LogP contribution < -0.4 is 10.2 Å². The van der Waals surface area contributed by atoms with Gasteiger partial charge >= 0.3 is 12.0 Å². The van der Waals surface area contributed by atoms with Gasteiger partial charge in [-0.25, -0.2) is 4.79 Å². The number of urea groups is 1. The zero-order valence-corrected chi connectivity index (χ0v) is 12.5. The third-order valence-electron chi connectivity index (χ3n) is 3.47. The maximum absolute atomic E-state index is 11.9. The van der Waals surface area contributed by atoms with Gasteiger partial charge in [0, 0.05) is 36.9 Å². The number of halogens is 1. The van der Waals surface area contributed by atoms with E-state index in [9.17, 15) is 9.59 Å². The van der Waals surface area contributed by atoms with E-state index in [0.29, 0.717) is 31.2 Å². The average molecular weight is 312 g/mol. The summed E-state index contributed by atoms with van der Waals surface area (Å²) in [5, 5.41) is 11.9. The number of amides is 2. The minimum atomic E-state index is -1.04. The van der Waals surface area contributed by atoms with Crippen LogP contribution in [-0.2, 0) is 4.79 Å². The van der Waals surface area contributed by atoms with Crippen LogP contribution in [0.15, 0.2) is 24.3 Å². The summed E-state index contributed by atoms with van der Waals surface area (Å²) in [4.78, 5) is 26.4. The minimum absolute atomic E-state index is 0.333. The zero-order chi connectivity index (χ0) is 15.4. The van der Waals surface area contributed by atoms with Crippen molar-refractivity contribution in [3.63, 3.8) is 0 Å². The molecule has 1 aliphatic rings. The number of hydrogen-bond donors (Lipinski definition) is 2. The first kappa shape index (κ1) is 15.4. The molecule has 1 atom stereocenters. The number of hydrogen-bond acceptors (Lipinski definition) is 3. The van der Waals surface area contributed by atoms with Crippen LogP contribution in [0.25, 0.3) is 0 Å². The maximum atomic E-state index is 11.9. The van der Waals surface area contributed by atoms with Crippen LogP contribution in [0.2, 0.25) is 5.02 Å². The Labute approximate surface area is 128 Å². The molecule has 0 spiro atoms. The molecule has 21 heavy (non-hydrogen) atoms. The van der Waals surface area contributed by atoms with Gasteiger partial charge in [-0.1, -0.05) is 11.6 Å². The highest BCUT2D eigenvalue weighted by molar-refractivity contribution is 6.30. The highest BCUT2D eigenvalue weighted by Crippen LogP contribution is 2.19. The van der Waals surface area contributed by atoms with Crippen LogP contribution in [0, 0.1) is 0 Å². The predicted molar refractivity (Wildman–Crippen MR) is 80.9 cm³/mol. The quantitative estimate of drug-likeness (QED) is 0.890. The number of aliphatic carboxylic acids is 1. The van der Waals surface area contributed by atoms with E-state index in [1.165, 1.54) is 6.92 Å². The summed E-state index contributed by atoms with van der Waals surface area (Å²) in [6.45, 7) is 3.97. The van der Waals surface area contributed by atoms with Crippen molar-refractivity contribution in [1.29, 1.82) is 0 Å². The van der Waals surface area contributed by atoms with Crippen molar-refractivity contribution >= 4 is 29.3 Å². The monoisotopic (exact) mass is 311 g/mol. The highest BCUT2D eigenvalue weighted by atomic mass is 35.5. The second-order valence-electron chi connectivity index (χ2n) is 4.96. The first-order chi connectivity index (χ1) is 9.97. The van der Waals surface area contributed by atoms with E-state index in [2.05, 4.69) is 10.2 Å². The Hall–Kier alpha value is -1.95. The van der Waals surface area contributed by atoms with Gasteiger partial charge in [-0.15, -0.1) is 0 Å². The Bertz CT molecular complexity index is 513. The van der Waals surface area contributed by atoms with E-state index in [-0.39, 0.29) is 6.03 Å². The number of rotatable bonds is 3. The van der Waals surface area contributed by atoms with Gasteiger partial charge in [-0.2, -0.15) is 0 Å². The number of benzene rings is 1. The molecule has 0 aliphatic carbocycles. The number of carbonyl (C=O) groups is 2. The third kappa shape index (κ3) is 4.01. The molecule has 1 heterocycles. The molecule has 0 bridgehead atoms. The van der Waals surface area contributed by atoms with Crippen LogP contribution in [0.5, 0.6) is 0 Å². The molecule has 114 valence electrons. The second kappa shape index (κ2) is 6.67. The molecule has 0 radical (unpaired) electrons. The molecule has 6 nitrogen and oxygen atoms in total. The highest BCUT2D eigenvalue weighted by Gasteiger charge is 2.23. The fraction of sp³-hybridized carbons (Fsp3) is 0.429. The number of carboxylic acid groups (broad SMARTS) is 1. The van der Waals surface area contributed by atoms with E-state index in [1.54, 1.807) is 4.90 Å².